The van der Waals surface area contributed by atoms with Gasteiger partial charge in [0.05, 0.1) is 17.7 Å². The number of hydrogen-bond acceptors (Lipinski definition) is 3. The van der Waals surface area contributed by atoms with Gasteiger partial charge in [-0.2, -0.15) is 0 Å². The molecule has 0 bridgehead atoms. The van der Waals surface area contributed by atoms with Gasteiger partial charge in [-0.3, -0.25) is 4.79 Å². The average molecular weight is 303 g/mol. The third-order valence-corrected chi connectivity index (χ3v) is 3.41. The normalized spacial score (nSPS) is 10.2. The molecule has 3 nitrogen and oxygen atoms in total. The van der Waals surface area contributed by atoms with Crippen molar-refractivity contribution in [3.05, 3.63) is 58.6 Å². The molecule has 2 aromatic rings. The number of carbonyl (C=O) groups excluding carboxylic acids is 1. The Morgan fingerprint density at radius 3 is 2.52 bits per heavy atom. The lowest BCUT2D eigenvalue weighted by Gasteiger charge is -2.13. The average Bonchev–Trinajstić information content (AvgIpc) is 2.53. The Kier molecular flexibility index (Phi) is 5.29. The number of benzene rings is 2. The van der Waals surface area contributed by atoms with Crippen molar-refractivity contribution in [2.24, 2.45) is 0 Å². The van der Waals surface area contributed by atoms with Crippen LogP contribution in [0.15, 0.2) is 42.5 Å². The van der Waals surface area contributed by atoms with Crippen LogP contribution in [0.3, 0.4) is 0 Å². The fourth-order valence-electron chi connectivity index (χ4n) is 1.95. The van der Waals surface area contributed by atoms with Crippen molar-refractivity contribution in [3.8, 4) is 11.5 Å². The van der Waals surface area contributed by atoms with E-state index >= 15 is 0 Å². The van der Waals surface area contributed by atoms with Gasteiger partial charge < -0.3 is 9.47 Å². The molecule has 108 valence electrons. The molecule has 0 aliphatic rings. The minimum absolute atomic E-state index is 0.0115. The molecule has 5 heteroatoms. The maximum absolute atomic E-state index is 12.0. The first-order chi connectivity index (χ1) is 10.2. The van der Waals surface area contributed by atoms with Crippen LogP contribution in [0.2, 0.25) is 11.3 Å². The van der Waals surface area contributed by atoms with Gasteiger partial charge in [0.15, 0.2) is 5.78 Å². The van der Waals surface area contributed by atoms with Crippen molar-refractivity contribution in [2.75, 3.05) is 7.11 Å². The molecule has 0 aliphatic carbocycles. The summed E-state index contributed by atoms with van der Waals surface area (Å²) in [6.07, 6.45) is 0.393. The Morgan fingerprint density at radius 1 is 1.19 bits per heavy atom. The highest BCUT2D eigenvalue weighted by Gasteiger charge is 2.15. The van der Waals surface area contributed by atoms with Crippen LogP contribution in [0.5, 0.6) is 11.5 Å². The minimum Gasteiger partial charge on any atom is -0.495 e. The molecule has 0 unspecified atom stereocenters. The van der Waals surface area contributed by atoms with Crippen LogP contribution < -0.4 is 9.47 Å². The second-order valence-electron chi connectivity index (χ2n) is 4.53. The van der Waals surface area contributed by atoms with Gasteiger partial charge in [-0.15, -0.1) is 0 Å². The number of Topliss-reactive ketones (excluding diaryl/α,β-unsaturated/α-hetero) is 1. The molecule has 0 aromatic heterocycles. The minimum atomic E-state index is -0.0115. The van der Waals surface area contributed by atoms with Gasteiger partial charge in [-0.25, -0.2) is 0 Å². The summed E-state index contributed by atoms with van der Waals surface area (Å²) in [5.74, 6) is 0.974. The van der Waals surface area contributed by atoms with E-state index in [4.69, 9.17) is 21.1 Å². The molecular weight excluding hydrogens is 286 g/mol. The predicted octanol–water partition coefficient (Wildman–Crippen LogP) is 3.16. The first kappa shape index (κ1) is 15.5. The van der Waals surface area contributed by atoms with Gasteiger partial charge in [-0.05, 0) is 17.9 Å². The number of ketones is 1. The molecule has 0 saturated heterocycles. The van der Waals surface area contributed by atoms with Crippen molar-refractivity contribution in [1.82, 2.24) is 0 Å². The summed E-state index contributed by atoms with van der Waals surface area (Å²) in [5.41, 5.74) is 1.51. The molecule has 0 atom stereocenters. The fraction of sp³-hybridized carbons (Fsp3) is 0.188. The second kappa shape index (κ2) is 7.18. The number of methoxy groups -OCH3 is 1. The van der Waals surface area contributed by atoms with E-state index < -0.39 is 0 Å². The molecule has 2 rings (SSSR count). The highest BCUT2D eigenvalue weighted by Crippen LogP contribution is 2.33. The van der Waals surface area contributed by atoms with E-state index in [2.05, 4.69) is 0 Å². The number of rotatable bonds is 6. The molecule has 0 heterocycles. The Labute approximate surface area is 130 Å². The molecule has 0 fully saturated rings. The van der Waals surface area contributed by atoms with Gasteiger partial charge in [0.2, 0.25) is 0 Å². The quantitative estimate of drug-likeness (QED) is 0.607. The molecule has 21 heavy (non-hydrogen) atoms. The van der Waals surface area contributed by atoms with Crippen LogP contribution in [-0.2, 0) is 6.61 Å². The van der Waals surface area contributed by atoms with Crippen LogP contribution in [0.4, 0.5) is 0 Å². The number of halogens is 1. The molecule has 0 N–H and O–H groups in total. The lowest BCUT2D eigenvalue weighted by Crippen LogP contribution is -2.05. The predicted molar refractivity (Wildman–Crippen MR) is 86.5 cm³/mol. The van der Waals surface area contributed by atoms with Crippen LogP contribution in [0.1, 0.15) is 15.9 Å². The Hall–Kier alpha value is -1.94. The lowest BCUT2D eigenvalue weighted by atomic mass is 9.95. The van der Waals surface area contributed by atoms with Gasteiger partial charge >= 0.3 is 0 Å². The summed E-state index contributed by atoms with van der Waals surface area (Å²) in [6, 6.07) is 13.0. The van der Waals surface area contributed by atoms with Crippen molar-refractivity contribution in [1.29, 1.82) is 0 Å². The highest BCUT2D eigenvalue weighted by molar-refractivity contribution is 6.33. The molecular formula is C16H16BClO3. The fourth-order valence-corrected chi connectivity index (χ4v) is 2.20. The van der Waals surface area contributed by atoms with Crippen molar-refractivity contribution in [2.45, 2.75) is 12.9 Å². The zero-order valence-corrected chi connectivity index (χ0v) is 12.8. The third kappa shape index (κ3) is 3.79. The van der Waals surface area contributed by atoms with Crippen LogP contribution in [0.25, 0.3) is 0 Å². The number of ether oxygens (including phenoxy) is 2. The molecule has 2 aromatic carbocycles. The Bertz CT molecular complexity index is 629. The first-order valence-electron chi connectivity index (χ1n) is 6.73. The first-order valence-corrected chi connectivity index (χ1v) is 7.11. The standard InChI is InChI=1S/C16H16BClO3/c1-20-16-8-15(12(7-13(16)18)14(19)9-17)21-10-11-5-3-2-4-6-11/h2-8H,9-10,17H2,1H3. The van der Waals surface area contributed by atoms with Gasteiger partial charge in [0.1, 0.15) is 26.0 Å². The second-order valence-corrected chi connectivity index (χ2v) is 4.94. The molecule has 0 radical (unpaired) electrons. The topological polar surface area (TPSA) is 35.5 Å². The molecule has 0 amide bonds. The van der Waals surface area contributed by atoms with Crippen molar-refractivity contribution in [3.63, 3.8) is 0 Å². The van der Waals surface area contributed by atoms with Crippen molar-refractivity contribution >= 4 is 25.2 Å². The molecule has 0 saturated carbocycles. The van der Waals surface area contributed by atoms with E-state index in [0.29, 0.717) is 35.0 Å². The van der Waals surface area contributed by atoms with Crippen molar-refractivity contribution < 1.29 is 14.3 Å². The summed E-state index contributed by atoms with van der Waals surface area (Å²) in [4.78, 5) is 12.0. The lowest BCUT2D eigenvalue weighted by molar-refractivity contribution is 0.101. The third-order valence-electron chi connectivity index (χ3n) is 3.11. The van der Waals surface area contributed by atoms with E-state index in [9.17, 15) is 4.79 Å². The molecule has 0 spiro atoms. The van der Waals surface area contributed by atoms with Gasteiger partial charge in [-0.1, -0.05) is 41.9 Å². The molecule has 0 aliphatic heterocycles. The smallest absolute Gasteiger partial charge is 0.158 e. The van der Waals surface area contributed by atoms with E-state index in [1.54, 1.807) is 20.0 Å². The van der Waals surface area contributed by atoms with E-state index in [1.807, 2.05) is 30.3 Å². The highest BCUT2D eigenvalue weighted by atomic mass is 35.5. The maximum Gasteiger partial charge on any atom is 0.158 e. The van der Waals surface area contributed by atoms with E-state index in [-0.39, 0.29) is 5.78 Å². The van der Waals surface area contributed by atoms with E-state index in [0.717, 1.165) is 5.56 Å². The SMILES string of the molecule is BCC(=O)c1cc(Cl)c(OC)cc1OCc1ccccc1. The van der Waals surface area contributed by atoms with Gasteiger partial charge in [0.25, 0.3) is 0 Å². The number of hydrogen-bond donors (Lipinski definition) is 0. The summed E-state index contributed by atoms with van der Waals surface area (Å²) in [6.45, 7) is 0.385. The summed E-state index contributed by atoms with van der Waals surface area (Å²) >= 11 is 6.09. The Balaban J connectivity index is 2.29. The van der Waals surface area contributed by atoms with Crippen LogP contribution >= 0.6 is 11.6 Å². The zero-order valence-electron chi connectivity index (χ0n) is 12.1. The van der Waals surface area contributed by atoms with Crippen LogP contribution in [-0.4, -0.2) is 20.7 Å². The monoisotopic (exact) mass is 302 g/mol. The Morgan fingerprint density at radius 2 is 1.90 bits per heavy atom. The largest absolute Gasteiger partial charge is 0.495 e. The zero-order chi connectivity index (χ0) is 15.2. The summed E-state index contributed by atoms with van der Waals surface area (Å²) < 4.78 is 11.0. The maximum atomic E-state index is 12.0. The summed E-state index contributed by atoms with van der Waals surface area (Å²) in [5, 5.41) is 0.404. The van der Waals surface area contributed by atoms with E-state index in [1.165, 1.54) is 7.11 Å². The summed E-state index contributed by atoms with van der Waals surface area (Å²) in [7, 11) is 3.34. The van der Waals surface area contributed by atoms with Gasteiger partial charge in [0, 0.05) is 6.07 Å². The van der Waals surface area contributed by atoms with Crippen LogP contribution in [0, 0.1) is 0 Å². The number of carbonyl (C=O) groups is 1.